The second kappa shape index (κ2) is 8.04. The number of hydrogen-bond acceptors (Lipinski definition) is 0. The van der Waals surface area contributed by atoms with Crippen molar-refractivity contribution < 1.29 is 0 Å². The molecule has 3 rings (SSSR count). The lowest BCUT2D eigenvalue weighted by atomic mass is 9.76. The summed E-state index contributed by atoms with van der Waals surface area (Å²) in [7, 11) is 0. The topological polar surface area (TPSA) is 14.1 Å². The van der Waals surface area contributed by atoms with Crippen LogP contribution in [0, 0.1) is 11.8 Å². The molecule has 1 heterocycles. The molecule has 0 aromatic heterocycles. The van der Waals surface area contributed by atoms with Gasteiger partial charge in [0, 0.05) is 17.2 Å². The molecule has 0 bridgehead atoms. The number of hydrogen-bond donors (Lipinski definition) is 0. The highest BCUT2D eigenvalue weighted by Crippen LogP contribution is 2.47. The molecule has 23 heavy (non-hydrogen) atoms. The van der Waals surface area contributed by atoms with Crippen LogP contribution in [-0.4, -0.2) is 0 Å². The highest BCUT2D eigenvalue weighted by Gasteiger charge is 2.34. The normalized spacial score (nSPS) is 22.7. The van der Waals surface area contributed by atoms with Gasteiger partial charge >= 0.3 is 0 Å². The van der Waals surface area contributed by atoms with Gasteiger partial charge in [-0.1, -0.05) is 77.0 Å². The Hall–Kier alpha value is -1.24. The molecule has 0 fully saturated rings. The fourth-order valence-corrected chi connectivity index (χ4v) is 4.32. The Morgan fingerprint density at radius 2 is 1.74 bits per heavy atom. The Balaban J connectivity index is 1.54. The molecule has 0 saturated heterocycles. The molecule has 0 amide bonds. The highest BCUT2D eigenvalue weighted by molar-refractivity contribution is 5.82. The van der Waals surface area contributed by atoms with E-state index >= 15 is 0 Å². The van der Waals surface area contributed by atoms with Crippen molar-refractivity contribution in [3.05, 3.63) is 35.5 Å². The molecule has 1 radical (unpaired) electrons. The third-order valence-corrected chi connectivity index (χ3v) is 5.79. The summed E-state index contributed by atoms with van der Waals surface area (Å²) >= 11 is 0. The SMILES string of the molecule is CCCCCCCCCC1C2=C(CCC1C)c1ccccc1[N]2. The van der Waals surface area contributed by atoms with Gasteiger partial charge in [-0.15, -0.1) is 0 Å². The predicted octanol–water partition coefficient (Wildman–Crippen LogP) is 6.83. The van der Waals surface area contributed by atoms with Crippen LogP contribution in [0.15, 0.2) is 30.0 Å². The standard InChI is InChI=1S/C22H32N/c1-3-4-5-6-7-8-9-12-18-17(2)15-16-20-19-13-10-11-14-21(19)23-22(18)20/h10-11,13-14,17-18H,3-9,12,15-16H2,1-2H3. The molecule has 0 spiro atoms. The minimum Gasteiger partial charge on any atom is -0.252 e. The number of unbranched alkanes of at least 4 members (excludes halogenated alkanes) is 6. The zero-order valence-corrected chi connectivity index (χ0v) is 15.0. The van der Waals surface area contributed by atoms with Crippen molar-refractivity contribution in [2.45, 2.75) is 78.1 Å². The van der Waals surface area contributed by atoms with Gasteiger partial charge in [-0.05, 0) is 36.8 Å². The zero-order chi connectivity index (χ0) is 16.1. The maximum Gasteiger partial charge on any atom is 0.0708 e. The van der Waals surface area contributed by atoms with Crippen molar-refractivity contribution in [3.63, 3.8) is 0 Å². The van der Waals surface area contributed by atoms with Crippen LogP contribution in [0.5, 0.6) is 0 Å². The lowest BCUT2D eigenvalue weighted by molar-refractivity contribution is 0.333. The molecule has 1 aromatic rings. The first-order valence-electron chi connectivity index (χ1n) is 9.85. The molecule has 1 nitrogen and oxygen atoms in total. The quantitative estimate of drug-likeness (QED) is 0.467. The van der Waals surface area contributed by atoms with E-state index < -0.39 is 0 Å². The summed E-state index contributed by atoms with van der Waals surface area (Å²) in [6.07, 6.45) is 13.7. The Bertz CT molecular complexity index is 543. The minimum absolute atomic E-state index is 0.696. The lowest BCUT2D eigenvalue weighted by Gasteiger charge is -2.30. The summed E-state index contributed by atoms with van der Waals surface area (Å²) in [4.78, 5) is 0. The molecule has 1 aliphatic heterocycles. The van der Waals surface area contributed by atoms with Gasteiger partial charge in [-0.2, -0.15) is 0 Å². The Labute approximate surface area is 142 Å². The van der Waals surface area contributed by atoms with Crippen LogP contribution in [0.4, 0.5) is 5.69 Å². The van der Waals surface area contributed by atoms with E-state index in [2.05, 4.69) is 38.1 Å². The largest absolute Gasteiger partial charge is 0.252 e. The van der Waals surface area contributed by atoms with Crippen LogP contribution >= 0.6 is 0 Å². The molecule has 0 saturated carbocycles. The molecule has 0 N–H and O–H groups in total. The van der Waals surface area contributed by atoms with Gasteiger partial charge < -0.3 is 0 Å². The summed E-state index contributed by atoms with van der Waals surface area (Å²) in [5.41, 5.74) is 5.64. The fraction of sp³-hybridized carbons (Fsp3) is 0.636. The van der Waals surface area contributed by atoms with E-state index in [0.29, 0.717) is 5.92 Å². The average molecular weight is 311 g/mol. The second-order valence-electron chi connectivity index (χ2n) is 7.53. The van der Waals surface area contributed by atoms with Crippen molar-refractivity contribution in [1.29, 1.82) is 0 Å². The average Bonchev–Trinajstić information content (AvgIpc) is 2.94. The van der Waals surface area contributed by atoms with E-state index in [1.54, 1.807) is 5.57 Å². The van der Waals surface area contributed by atoms with E-state index in [0.717, 1.165) is 5.92 Å². The minimum atomic E-state index is 0.696. The summed E-state index contributed by atoms with van der Waals surface area (Å²) in [5, 5.41) is 5.02. The first kappa shape index (κ1) is 16.6. The molecule has 125 valence electrons. The number of rotatable bonds is 8. The monoisotopic (exact) mass is 310 g/mol. The zero-order valence-electron chi connectivity index (χ0n) is 15.0. The van der Waals surface area contributed by atoms with Crippen LogP contribution in [0.25, 0.3) is 5.57 Å². The van der Waals surface area contributed by atoms with Gasteiger partial charge in [0.1, 0.15) is 0 Å². The van der Waals surface area contributed by atoms with Crippen molar-refractivity contribution in [1.82, 2.24) is 5.32 Å². The molecule has 1 heteroatoms. The van der Waals surface area contributed by atoms with Gasteiger partial charge in [-0.3, -0.25) is 5.32 Å². The number of allylic oxidation sites excluding steroid dienone is 2. The second-order valence-corrected chi connectivity index (χ2v) is 7.53. The van der Waals surface area contributed by atoms with Crippen molar-refractivity contribution in [2.24, 2.45) is 11.8 Å². The maximum absolute atomic E-state index is 5.02. The van der Waals surface area contributed by atoms with Crippen LogP contribution in [0.2, 0.25) is 0 Å². The first-order valence-corrected chi connectivity index (χ1v) is 9.85. The number of fused-ring (bicyclic) bond motifs is 2. The van der Waals surface area contributed by atoms with Crippen molar-refractivity contribution in [3.8, 4) is 0 Å². The number of para-hydroxylation sites is 1. The van der Waals surface area contributed by atoms with Crippen molar-refractivity contribution >= 4 is 11.3 Å². The molecular formula is C22H32N. The van der Waals surface area contributed by atoms with E-state index in [9.17, 15) is 0 Å². The Morgan fingerprint density at radius 1 is 1.00 bits per heavy atom. The van der Waals surface area contributed by atoms with Gasteiger partial charge in [0.05, 0.1) is 5.69 Å². The smallest absolute Gasteiger partial charge is 0.0708 e. The maximum atomic E-state index is 5.02. The van der Waals surface area contributed by atoms with Crippen LogP contribution < -0.4 is 5.32 Å². The summed E-state index contributed by atoms with van der Waals surface area (Å²) in [6.45, 7) is 4.73. The summed E-state index contributed by atoms with van der Waals surface area (Å²) in [6, 6.07) is 8.73. The number of nitrogens with zero attached hydrogens (tertiary/aromatic N) is 1. The third kappa shape index (κ3) is 3.82. The molecule has 2 unspecified atom stereocenters. The summed E-state index contributed by atoms with van der Waals surface area (Å²) in [5.74, 6) is 1.49. The van der Waals surface area contributed by atoms with Crippen LogP contribution in [0.1, 0.15) is 83.6 Å². The number of benzene rings is 1. The Morgan fingerprint density at radius 3 is 2.57 bits per heavy atom. The van der Waals surface area contributed by atoms with E-state index in [1.165, 1.54) is 81.2 Å². The van der Waals surface area contributed by atoms with Gasteiger partial charge in [-0.25, -0.2) is 0 Å². The van der Waals surface area contributed by atoms with Crippen molar-refractivity contribution in [2.75, 3.05) is 0 Å². The third-order valence-electron chi connectivity index (χ3n) is 5.79. The predicted molar refractivity (Wildman–Crippen MR) is 99.7 cm³/mol. The molecular weight excluding hydrogens is 278 g/mol. The first-order chi connectivity index (χ1) is 11.3. The van der Waals surface area contributed by atoms with Gasteiger partial charge in [0.2, 0.25) is 0 Å². The molecule has 1 aromatic carbocycles. The fourth-order valence-electron chi connectivity index (χ4n) is 4.32. The molecule has 2 aliphatic rings. The highest BCUT2D eigenvalue weighted by atomic mass is 14.9. The Kier molecular flexibility index (Phi) is 5.80. The van der Waals surface area contributed by atoms with E-state index in [1.807, 2.05) is 0 Å². The van der Waals surface area contributed by atoms with Gasteiger partial charge in [0.25, 0.3) is 0 Å². The summed E-state index contributed by atoms with van der Waals surface area (Å²) < 4.78 is 0. The lowest BCUT2D eigenvalue weighted by Crippen LogP contribution is -2.21. The molecule has 1 aliphatic carbocycles. The van der Waals surface area contributed by atoms with Crippen LogP contribution in [0.3, 0.4) is 0 Å². The van der Waals surface area contributed by atoms with E-state index in [-0.39, 0.29) is 0 Å². The van der Waals surface area contributed by atoms with E-state index in [4.69, 9.17) is 5.32 Å². The van der Waals surface area contributed by atoms with Gasteiger partial charge in [0.15, 0.2) is 0 Å². The molecule has 2 atom stereocenters. The van der Waals surface area contributed by atoms with Crippen LogP contribution in [-0.2, 0) is 0 Å².